The van der Waals surface area contributed by atoms with Crippen molar-refractivity contribution in [1.82, 2.24) is 15.2 Å². The number of amides is 1. The van der Waals surface area contributed by atoms with Gasteiger partial charge in [0.2, 0.25) is 5.56 Å². The van der Waals surface area contributed by atoms with Gasteiger partial charge in [-0.25, -0.2) is 4.79 Å². The standard InChI is InChI=1S/C26H30ClN3O4/c1-4-30(17(2)3)13-14-34-26(33)23(29-25(32)18-9-11-20(27)12-10-18)15-19-16-24(31)28-22-8-6-5-7-21(19)22/h5-12,16-17,23H,4,13-15H2,1-3H3,(H,28,31)(H,29,32). The van der Waals surface area contributed by atoms with Gasteiger partial charge in [-0.05, 0) is 56.3 Å². The maximum atomic E-state index is 13.1. The Labute approximate surface area is 204 Å². The van der Waals surface area contributed by atoms with Gasteiger partial charge in [0.05, 0.1) is 0 Å². The van der Waals surface area contributed by atoms with Crippen LogP contribution in [0.15, 0.2) is 59.4 Å². The van der Waals surface area contributed by atoms with E-state index >= 15 is 0 Å². The molecule has 34 heavy (non-hydrogen) atoms. The lowest BCUT2D eigenvalue weighted by Crippen LogP contribution is -2.44. The van der Waals surface area contributed by atoms with Crippen LogP contribution in [0.5, 0.6) is 0 Å². The average Bonchev–Trinajstić information content (AvgIpc) is 2.81. The fourth-order valence-electron chi connectivity index (χ4n) is 3.85. The molecular formula is C26H30ClN3O4. The third kappa shape index (κ3) is 6.68. The van der Waals surface area contributed by atoms with Crippen LogP contribution >= 0.6 is 11.6 Å². The monoisotopic (exact) mass is 483 g/mol. The fourth-order valence-corrected chi connectivity index (χ4v) is 3.97. The number of halogens is 1. The van der Waals surface area contributed by atoms with Crippen LogP contribution in [-0.4, -0.2) is 53.5 Å². The van der Waals surface area contributed by atoms with Crippen LogP contribution in [0.3, 0.4) is 0 Å². The molecule has 2 N–H and O–H groups in total. The summed E-state index contributed by atoms with van der Waals surface area (Å²) in [6.45, 7) is 7.84. The first-order valence-corrected chi connectivity index (χ1v) is 11.7. The number of hydrogen-bond donors (Lipinski definition) is 2. The molecule has 0 saturated heterocycles. The van der Waals surface area contributed by atoms with Crippen LogP contribution in [0.1, 0.15) is 36.7 Å². The molecule has 0 fully saturated rings. The predicted molar refractivity (Wildman–Crippen MR) is 134 cm³/mol. The number of nitrogens with zero attached hydrogens (tertiary/aromatic N) is 1. The van der Waals surface area contributed by atoms with Gasteiger partial charge in [-0.3, -0.25) is 14.5 Å². The number of benzene rings is 2. The van der Waals surface area contributed by atoms with Crippen molar-refractivity contribution in [1.29, 1.82) is 0 Å². The second kappa shape index (κ2) is 11.8. The highest BCUT2D eigenvalue weighted by atomic mass is 35.5. The van der Waals surface area contributed by atoms with Crippen LogP contribution in [0.2, 0.25) is 5.02 Å². The van der Waals surface area contributed by atoms with E-state index in [9.17, 15) is 14.4 Å². The molecule has 3 aromatic rings. The Kier molecular flexibility index (Phi) is 8.85. The summed E-state index contributed by atoms with van der Waals surface area (Å²) in [5, 5.41) is 4.09. The van der Waals surface area contributed by atoms with E-state index in [1.165, 1.54) is 6.07 Å². The summed E-state index contributed by atoms with van der Waals surface area (Å²) in [7, 11) is 0. The molecule has 1 amide bonds. The molecule has 0 radical (unpaired) electrons. The number of pyridine rings is 1. The number of carbonyl (C=O) groups excluding carboxylic acids is 2. The van der Waals surface area contributed by atoms with Crippen LogP contribution in [0.25, 0.3) is 10.9 Å². The van der Waals surface area contributed by atoms with Gasteiger partial charge in [0.1, 0.15) is 12.6 Å². The van der Waals surface area contributed by atoms with Crippen molar-refractivity contribution in [3.63, 3.8) is 0 Å². The number of aromatic nitrogens is 1. The van der Waals surface area contributed by atoms with Gasteiger partial charge < -0.3 is 15.0 Å². The summed E-state index contributed by atoms with van der Waals surface area (Å²) in [5.41, 5.74) is 1.40. The molecule has 2 aromatic carbocycles. The Morgan fingerprint density at radius 3 is 2.50 bits per heavy atom. The Morgan fingerprint density at radius 1 is 1.12 bits per heavy atom. The third-order valence-electron chi connectivity index (χ3n) is 5.72. The van der Waals surface area contributed by atoms with E-state index in [0.29, 0.717) is 34.3 Å². The maximum Gasteiger partial charge on any atom is 0.329 e. The van der Waals surface area contributed by atoms with E-state index < -0.39 is 17.9 Å². The predicted octanol–water partition coefficient (Wildman–Crippen LogP) is 3.80. The van der Waals surface area contributed by atoms with Gasteiger partial charge in [0, 0.05) is 46.6 Å². The number of para-hydroxylation sites is 1. The molecule has 0 aliphatic carbocycles. The van der Waals surface area contributed by atoms with Gasteiger partial charge >= 0.3 is 5.97 Å². The maximum absolute atomic E-state index is 13.1. The summed E-state index contributed by atoms with van der Waals surface area (Å²) in [6, 6.07) is 14.5. The van der Waals surface area contributed by atoms with E-state index in [1.807, 2.05) is 18.2 Å². The minimum Gasteiger partial charge on any atom is -0.463 e. The second-order valence-corrected chi connectivity index (χ2v) is 8.77. The number of nitrogens with one attached hydrogen (secondary N) is 2. The van der Waals surface area contributed by atoms with Gasteiger partial charge in [-0.2, -0.15) is 0 Å². The SMILES string of the molecule is CCN(CCOC(=O)C(Cc1cc(=O)[nH]c2ccccc12)NC(=O)c1ccc(Cl)cc1)C(C)C. The zero-order chi connectivity index (χ0) is 24.7. The molecule has 1 unspecified atom stereocenters. The Morgan fingerprint density at radius 2 is 1.82 bits per heavy atom. The zero-order valence-corrected chi connectivity index (χ0v) is 20.4. The molecule has 0 aliphatic heterocycles. The van der Waals surface area contributed by atoms with Gasteiger partial charge in [0.25, 0.3) is 5.91 Å². The van der Waals surface area contributed by atoms with Crippen LogP contribution in [0.4, 0.5) is 0 Å². The molecule has 0 saturated carbocycles. The van der Waals surface area contributed by atoms with E-state index in [0.717, 1.165) is 11.9 Å². The number of hydrogen-bond acceptors (Lipinski definition) is 5. The van der Waals surface area contributed by atoms with E-state index in [-0.39, 0.29) is 18.6 Å². The quantitative estimate of drug-likeness (QED) is 0.428. The van der Waals surface area contributed by atoms with Crippen molar-refractivity contribution in [3.05, 3.63) is 81.1 Å². The molecule has 3 rings (SSSR count). The van der Waals surface area contributed by atoms with E-state index in [2.05, 4.69) is 36.0 Å². The minimum atomic E-state index is -0.970. The highest BCUT2D eigenvalue weighted by molar-refractivity contribution is 6.30. The van der Waals surface area contributed by atoms with Crippen molar-refractivity contribution in [2.24, 2.45) is 0 Å². The first-order chi connectivity index (χ1) is 16.3. The molecule has 8 heteroatoms. The summed E-state index contributed by atoms with van der Waals surface area (Å²) >= 11 is 5.92. The Balaban J connectivity index is 1.83. The van der Waals surface area contributed by atoms with Gasteiger partial charge in [-0.15, -0.1) is 0 Å². The molecule has 0 aliphatic rings. The number of likely N-dealkylation sites (N-methyl/N-ethyl adjacent to an activating group) is 1. The zero-order valence-electron chi connectivity index (χ0n) is 19.6. The van der Waals surface area contributed by atoms with E-state index in [4.69, 9.17) is 16.3 Å². The topological polar surface area (TPSA) is 91.5 Å². The number of esters is 1. The molecule has 180 valence electrons. The minimum absolute atomic E-state index is 0.115. The second-order valence-electron chi connectivity index (χ2n) is 8.33. The van der Waals surface area contributed by atoms with Crippen LogP contribution in [-0.2, 0) is 16.0 Å². The van der Waals surface area contributed by atoms with Gasteiger partial charge in [-0.1, -0.05) is 36.7 Å². The number of aromatic amines is 1. The largest absolute Gasteiger partial charge is 0.463 e. The van der Waals surface area contributed by atoms with Crippen molar-refractivity contribution in [2.75, 3.05) is 19.7 Å². The molecular weight excluding hydrogens is 454 g/mol. The molecule has 1 atom stereocenters. The lowest BCUT2D eigenvalue weighted by molar-refractivity contribution is -0.146. The first-order valence-electron chi connectivity index (χ1n) is 11.4. The smallest absolute Gasteiger partial charge is 0.329 e. The average molecular weight is 484 g/mol. The van der Waals surface area contributed by atoms with Gasteiger partial charge in [0.15, 0.2) is 0 Å². The van der Waals surface area contributed by atoms with Crippen molar-refractivity contribution >= 4 is 34.4 Å². The van der Waals surface area contributed by atoms with Crippen molar-refractivity contribution in [2.45, 2.75) is 39.3 Å². The Bertz CT molecular complexity index is 1190. The highest BCUT2D eigenvalue weighted by Gasteiger charge is 2.25. The van der Waals surface area contributed by atoms with Crippen molar-refractivity contribution < 1.29 is 14.3 Å². The van der Waals surface area contributed by atoms with Crippen LogP contribution in [0, 0.1) is 0 Å². The van der Waals surface area contributed by atoms with E-state index in [1.54, 1.807) is 30.3 Å². The Hall–Kier alpha value is -3.16. The number of carbonyl (C=O) groups is 2. The third-order valence-corrected chi connectivity index (χ3v) is 5.97. The summed E-state index contributed by atoms with van der Waals surface area (Å²) < 4.78 is 5.55. The summed E-state index contributed by atoms with van der Waals surface area (Å²) in [5.74, 6) is -0.975. The number of fused-ring (bicyclic) bond motifs is 1. The molecule has 1 heterocycles. The highest BCUT2D eigenvalue weighted by Crippen LogP contribution is 2.17. The number of H-pyrrole nitrogens is 1. The number of ether oxygens (including phenoxy) is 1. The normalized spacial score (nSPS) is 12.2. The lowest BCUT2D eigenvalue weighted by atomic mass is 10.0. The molecule has 0 bridgehead atoms. The molecule has 0 spiro atoms. The molecule has 7 nitrogen and oxygen atoms in total. The van der Waals surface area contributed by atoms with Crippen molar-refractivity contribution in [3.8, 4) is 0 Å². The molecule has 1 aromatic heterocycles. The summed E-state index contributed by atoms with van der Waals surface area (Å²) in [6.07, 6.45) is 0.115. The summed E-state index contributed by atoms with van der Waals surface area (Å²) in [4.78, 5) is 43.1. The number of rotatable bonds is 10. The lowest BCUT2D eigenvalue weighted by Gasteiger charge is -2.25. The first kappa shape index (κ1) is 25.5. The fraction of sp³-hybridized carbons (Fsp3) is 0.346. The van der Waals surface area contributed by atoms with Crippen LogP contribution < -0.4 is 10.9 Å².